The van der Waals surface area contributed by atoms with Gasteiger partial charge >= 0.3 is 0 Å². The van der Waals surface area contributed by atoms with Gasteiger partial charge in [-0.2, -0.15) is 0 Å². The van der Waals surface area contributed by atoms with Crippen LogP contribution in [0, 0.1) is 0 Å². The molecule has 28 heavy (non-hydrogen) atoms. The lowest BCUT2D eigenvalue weighted by molar-refractivity contribution is 0.174. The molecule has 0 saturated carbocycles. The van der Waals surface area contributed by atoms with Crippen LogP contribution in [0.3, 0.4) is 0 Å². The molecule has 2 aliphatic heterocycles. The number of fused-ring (bicyclic) bond motifs is 2. The molecule has 2 aliphatic rings. The predicted molar refractivity (Wildman–Crippen MR) is 111 cm³/mol. The Morgan fingerprint density at radius 2 is 1.93 bits per heavy atom. The molecule has 2 aromatic rings. The van der Waals surface area contributed by atoms with Crippen molar-refractivity contribution in [2.45, 2.75) is 25.9 Å². The number of hydrogen-bond acceptors (Lipinski definition) is 4. The summed E-state index contributed by atoms with van der Waals surface area (Å²) in [5, 5.41) is 6.76. The molecule has 2 heterocycles. The van der Waals surface area contributed by atoms with Crippen LogP contribution in [0.1, 0.15) is 23.1 Å². The smallest absolute Gasteiger partial charge is 0.231 e. The molecule has 4 rings (SSSR count). The number of ether oxygens (including phenoxy) is 2. The number of benzene rings is 2. The molecule has 0 saturated heterocycles. The zero-order valence-electron chi connectivity index (χ0n) is 16.4. The third-order valence-electron chi connectivity index (χ3n) is 5.27. The molecule has 0 aromatic heterocycles. The maximum atomic E-state index is 5.43. The Hall–Kier alpha value is -2.73. The second-order valence-corrected chi connectivity index (χ2v) is 7.19. The lowest BCUT2D eigenvalue weighted by Gasteiger charge is -2.28. The van der Waals surface area contributed by atoms with E-state index < -0.39 is 0 Å². The minimum atomic E-state index is 0.304. The first-order chi connectivity index (χ1) is 13.8. The van der Waals surface area contributed by atoms with Crippen molar-refractivity contribution in [3.05, 3.63) is 59.2 Å². The van der Waals surface area contributed by atoms with Gasteiger partial charge in [-0.25, -0.2) is 0 Å². The zero-order valence-corrected chi connectivity index (χ0v) is 16.4. The number of guanidine groups is 1. The first-order valence-corrected chi connectivity index (χ1v) is 9.94. The molecule has 0 atom stereocenters. The summed E-state index contributed by atoms with van der Waals surface area (Å²) in [7, 11) is 1.80. The number of aliphatic imine (C=N–C) groups is 1. The van der Waals surface area contributed by atoms with Crippen molar-refractivity contribution in [3.63, 3.8) is 0 Å². The van der Waals surface area contributed by atoms with Gasteiger partial charge < -0.3 is 20.1 Å². The fourth-order valence-electron chi connectivity index (χ4n) is 3.71. The number of hydrogen-bond donors (Lipinski definition) is 2. The highest BCUT2D eigenvalue weighted by atomic mass is 16.7. The van der Waals surface area contributed by atoms with Crippen LogP contribution in [0.5, 0.6) is 11.5 Å². The fraction of sp³-hybridized carbons (Fsp3) is 0.409. The highest BCUT2D eigenvalue weighted by Crippen LogP contribution is 2.32. The van der Waals surface area contributed by atoms with Gasteiger partial charge in [0.2, 0.25) is 6.79 Å². The molecule has 0 unspecified atom stereocenters. The summed E-state index contributed by atoms with van der Waals surface area (Å²) in [5.41, 5.74) is 4.12. The Morgan fingerprint density at radius 1 is 1.07 bits per heavy atom. The van der Waals surface area contributed by atoms with Crippen molar-refractivity contribution in [2.75, 3.05) is 33.5 Å². The molecular weight excluding hydrogens is 352 g/mol. The maximum absolute atomic E-state index is 5.43. The van der Waals surface area contributed by atoms with Crippen LogP contribution in [0.4, 0.5) is 0 Å². The Balaban J connectivity index is 1.17. The molecule has 6 heteroatoms. The van der Waals surface area contributed by atoms with Gasteiger partial charge in [0.05, 0.1) is 0 Å². The summed E-state index contributed by atoms with van der Waals surface area (Å²) in [4.78, 5) is 6.85. The number of nitrogens with zero attached hydrogens (tertiary/aromatic N) is 2. The Morgan fingerprint density at radius 3 is 2.82 bits per heavy atom. The van der Waals surface area contributed by atoms with E-state index in [1.165, 1.54) is 11.1 Å². The monoisotopic (exact) mass is 380 g/mol. The van der Waals surface area contributed by atoms with E-state index in [-0.39, 0.29) is 0 Å². The van der Waals surface area contributed by atoms with Crippen LogP contribution in [0.15, 0.2) is 47.5 Å². The van der Waals surface area contributed by atoms with Crippen LogP contribution < -0.4 is 20.1 Å². The SMILES string of the molecule is CN=C(NCCCN1CCc2ccccc2C1)NCc1ccc2c(c1)OCO2. The maximum Gasteiger partial charge on any atom is 0.231 e. The summed E-state index contributed by atoms with van der Waals surface area (Å²) in [5.74, 6) is 2.44. The van der Waals surface area contributed by atoms with Crippen molar-refractivity contribution in [1.82, 2.24) is 15.5 Å². The molecule has 0 fully saturated rings. The van der Waals surface area contributed by atoms with Gasteiger partial charge in [0.25, 0.3) is 0 Å². The van der Waals surface area contributed by atoms with Crippen LogP contribution in [0.25, 0.3) is 0 Å². The molecule has 0 bridgehead atoms. The van der Waals surface area contributed by atoms with Gasteiger partial charge in [-0.3, -0.25) is 9.89 Å². The van der Waals surface area contributed by atoms with E-state index in [1.54, 1.807) is 7.05 Å². The second-order valence-electron chi connectivity index (χ2n) is 7.19. The zero-order chi connectivity index (χ0) is 19.2. The normalized spacial score (nSPS) is 16.0. The standard InChI is InChI=1S/C22H28N4O2/c1-23-22(25-14-17-7-8-20-21(13-17)28-16-27-20)24-10-4-11-26-12-9-18-5-2-3-6-19(18)15-26/h2-3,5-8,13H,4,9-12,14-16H2,1H3,(H2,23,24,25). The first kappa shape index (κ1) is 18.6. The molecule has 0 spiro atoms. The minimum Gasteiger partial charge on any atom is -0.454 e. The van der Waals surface area contributed by atoms with E-state index in [4.69, 9.17) is 9.47 Å². The summed E-state index contributed by atoms with van der Waals surface area (Å²) in [6, 6.07) is 14.8. The van der Waals surface area contributed by atoms with Crippen molar-refractivity contribution in [2.24, 2.45) is 4.99 Å². The summed E-state index contributed by atoms with van der Waals surface area (Å²) < 4.78 is 10.8. The van der Waals surface area contributed by atoms with Crippen molar-refractivity contribution >= 4 is 5.96 Å². The van der Waals surface area contributed by atoms with Crippen LogP contribution in [-0.2, 0) is 19.5 Å². The van der Waals surface area contributed by atoms with Gasteiger partial charge in [-0.1, -0.05) is 30.3 Å². The van der Waals surface area contributed by atoms with E-state index in [0.717, 1.165) is 62.0 Å². The van der Waals surface area contributed by atoms with Gasteiger partial charge in [0.1, 0.15) is 0 Å². The Labute approximate surface area is 166 Å². The van der Waals surface area contributed by atoms with Gasteiger partial charge in [-0.05, 0) is 41.7 Å². The van der Waals surface area contributed by atoms with E-state index in [0.29, 0.717) is 13.3 Å². The third kappa shape index (κ3) is 4.57. The van der Waals surface area contributed by atoms with Gasteiger partial charge in [0, 0.05) is 39.8 Å². The van der Waals surface area contributed by atoms with E-state index >= 15 is 0 Å². The van der Waals surface area contributed by atoms with E-state index in [1.807, 2.05) is 18.2 Å². The highest BCUT2D eigenvalue weighted by Gasteiger charge is 2.15. The van der Waals surface area contributed by atoms with Gasteiger partial charge in [-0.15, -0.1) is 0 Å². The molecule has 0 radical (unpaired) electrons. The molecule has 148 valence electrons. The van der Waals surface area contributed by atoms with Crippen LogP contribution in [-0.4, -0.2) is 44.3 Å². The van der Waals surface area contributed by atoms with Crippen molar-refractivity contribution in [1.29, 1.82) is 0 Å². The van der Waals surface area contributed by atoms with Crippen LogP contribution >= 0.6 is 0 Å². The summed E-state index contributed by atoms with van der Waals surface area (Å²) in [6.07, 6.45) is 2.25. The molecule has 6 nitrogen and oxygen atoms in total. The van der Waals surface area contributed by atoms with Crippen LogP contribution in [0.2, 0.25) is 0 Å². The van der Waals surface area contributed by atoms with E-state index in [2.05, 4.69) is 44.8 Å². The highest BCUT2D eigenvalue weighted by molar-refractivity contribution is 5.79. The largest absolute Gasteiger partial charge is 0.454 e. The molecule has 2 aromatic carbocycles. The van der Waals surface area contributed by atoms with Crippen molar-refractivity contribution in [3.8, 4) is 11.5 Å². The minimum absolute atomic E-state index is 0.304. The number of nitrogens with one attached hydrogen (secondary N) is 2. The predicted octanol–water partition coefficient (Wildman–Crippen LogP) is 2.53. The molecule has 0 aliphatic carbocycles. The fourth-order valence-corrected chi connectivity index (χ4v) is 3.71. The first-order valence-electron chi connectivity index (χ1n) is 9.94. The summed E-state index contributed by atoms with van der Waals surface area (Å²) in [6.45, 7) is 5.21. The van der Waals surface area contributed by atoms with E-state index in [9.17, 15) is 0 Å². The second kappa shape index (κ2) is 8.97. The lowest BCUT2D eigenvalue weighted by Crippen LogP contribution is -2.39. The number of rotatable bonds is 6. The topological polar surface area (TPSA) is 58.1 Å². The molecule has 0 amide bonds. The quantitative estimate of drug-likeness (QED) is 0.458. The molecule has 2 N–H and O–H groups in total. The lowest BCUT2D eigenvalue weighted by atomic mass is 10.00. The van der Waals surface area contributed by atoms with Gasteiger partial charge in [0.15, 0.2) is 17.5 Å². The third-order valence-corrected chi connectivity index (χ3v) is 5.27. The average molecular weight is 380 g/mol. The average Bonchev–Trinajstić information content (AvgIpc) is 3.21. The summed E-state index contributed by atoms with van der Waals surface area (Å²) >= 11 is 0. The van der Waals surface area contributed by atoms with Crippen molar-refractivity contribution < 1.29 is 9.47 Å². The Kier molecular flexibility index (Phi) is 5.97. The molecular formula is C22H28N4O2. The Bertz CT molecular complexity index is 837.